The van der Waals surface area contributed by atoms with E-state index >= 15 is 0 Å². The van der Waals surface area contributed by atoms with E-state index in [2.05, 4.69) is 25.7 Å². The van der Waals surface area contributed by atoms with Gasteiger partial charge in [0, 0.05) is 16.6 Å². The molecule has 2 rings (SSSR count). The van der Waals surface area contributed by atoms with Crippen molar-refractivity contribution in [1.82, 2.24) is 15.2 Å². The molecular weight excluding hydrogens is 333 g/mol. The largest absolute Gasteiger partial charge is 0.364 e. The molecule has 0 aliphatic heterocycles. The van der Waals surface area contributed by atoms with Gasteiger partial charge < -0.3 is 5.32 Å². The molecule has 9 heteroatoms. The molecule has 0 unspecified atom stereocenters. The second-order valence-corrected chi connectivity index (χ2v) is 5.59. The Kier molecular flexibility index (Phi) is 5.72. The van der Waals surface area contributed by atoms with E-state index in [1.54, 1.807) is 12.1 Å². The number of benzene rings is 1. The van der Waals surface area contributed by atoms with E-state index in [0.717, 1.165) is 5.56 Å². The molecule has 110 valence electrons. The summed E-state index contributed by atoms with van der Waals surface area (Å²) in [5.41, 5.74) is 1.25. The van der Waals surface area contributed by atoms with E-state index in [4.69, 9.17) is 23.2 Å². The van der Waals surface area contributed by atoms with E-state index in [0.29, 0.717) is 33.3 Å². The monoisotopic (exact) mass is 343 g/mol. The molecule has 0 aliphatic carbocycles. The van der Waals surface area contributed by atoms with Crippen molar-refractivity contribution in [3.63, 3.8) is 0 Å². The first-order valence-electron chi connectivity index (χ1n) is 5.88. The number of rotatable bonds is 6. The highest BCUT2D eigenvalue weighted by atomic mass is 35.5. The maximum absolute atomic E-state index is 10.4. The Morgan fingerprint density at radius 2 is 2.14 bits per heavy atom. The number of hydrogen-bond donors (Lipinski definition) is 1. The summed E-state index contributed by atoms with van der Waals surface area (Å²) in [5, 5.41) is 15.4. The number of halogens is 2. The highest BCUT2D eigenvalue weighted by Crippen LogP contribution is 2.22. The molecule has 0 saturated heterocycles. The Labute approximate surface area is 135 Å². The molecule has 6 nitrogen and oxygen atoms in total. The fourth-order valence-electron chi connectivity index (χ4n) is 1.57. The Bertz CT molecular complexity index is 656. The molecule has 0 saturated carbocycles. The third kappa shape index (κ3) is 4.26. The van der Waals surface area contributed by atoms with E-state index in [-0.39, 0.29) is 6.54 Å². The Morgan fingerprint density at radius 3 is 2.81 bits per heavy atom. The minimum atomic E-state index is -0.0919. The van der Waals surface area contributed by atoms with Crippen molar-refractivity contribution >= 4 is 40.8 Å². The number of aromatic nitrogens is 3. The highest BCUT2D eigenvalue weighted by Gasteiger charge is 2.10. The maximum Gasteiger partial charge on any atom is 0.210 e. The first-order chi connectivity index (χ1) is 10.1. The SMILES string of the molecule is CSc1nnc(CN=O)c(NCc2ccc(Cl)cc2Cl)n1. The maximum atomic E-state index is 10.4. The summed E-state index contributed by atoms with van der Waals surface area (Å²) in [6.45, 7) is 0.333. The van der Waals surface area contributed by atoms with E-state index in [9.17, 15) is 4.91 Å². The van der Waals surface area contributed by atoms with E-state index in [1.807, 2.05) is 12.3 Å². The Morgan fingerprint density at radius 1 is 1.33 bits per heavy atom. The van der Waals surface area contributed by atoms with Gasteiger partial charge in [0.25, 0.3) is 0 Å². The fourth-order valence-corrected chi connectivity index (χ4v) is 2.35. The molecular formula is C12H11Cl2N5OS. The zero-order valence-electron chi connectivity index (χ0n) is 11.0. The van der Waals surface area contributed by atoms with Crippen LogP contribution in [0.3, 0.4) is 0 Å². The van der Waals surface area contributed by atoms with Crippen molar-refractivity contribution in [1.29, 1.82) is 0 Å². The molecule has 0 amide bonds. The van der Waals surface area contributed by atoms with E-state index in [1.165, 1.54) is 11.8 Å². The zero-order chi connectivity index (χ0) is 15.2. The average Bonchev–Trinajstić information content (AvgIpc) is 2.48. The lowest BCUT2D eigenvalue weighted by atomic mass is 10.2. The van der Waals surface area contributed by atoms with Crippen molar-refractivity contribution < 1.29 is 0 Å². The van der Waals surface area contributed by atoms with Crippen molar-refractivity contribution in [3.05, 3.63) is 44.4 Å². The van der Waals surface area contributed by atoms with E-state index < -0.39 is 0 Å². The molecule has 0 aliphatic rings. The van der Waals surface area contributed by atoms with Crippen LogP contribution >= 0.6 is 35.0 Å². The molecule has 1 N–H and O–H groups in total. The van der Waals surface area contributed by atoms with Gasteiger partial charge in [-0.15, -0.1) is 10.2 Å². The molecule has 21 heavy (non-hydrogen) atoms. The second-order valence-electron chi connectivity index (χ2n) is 3.97. The Hall–Kier alpha value is -1.44. The number of anilines is 1. The quantitative estimate of drug-likeness (QED) is 0.635. The lowest BCUT2D eigenvalue weighted by molar-refractivity contribution is 0.781. The molecule has 0 radical (unpaired) electrons. The van der Waals surface area contributed by atoms with Crippen molar-refractivity contribution in [3.8, 4) is 0 Å². The van der Waals surface area contributed by atoms with Crippen molar-refractivity contribution in [2.45, 2.75) is 18.2 Å². The number of hydrogen-bond acceptors (Lipinski definition) is 7. The van der Waals surface area contributed by atoms with Gasteiger partial charge in [0.05, 0.1) is 0 Å². The summed E-state index contributed by atoms with van der Waals surface area (Å²) in [6.07, 6.45) is 1.84. The number of nitroso groups, excluding NO2 is 1. The topological polar surface area (TPSA) is 80.1 Å². The smallest absolute Gasteiger partial charge is 0.210 e. The van der Waals surface area contributed by atoms with Crippen LogP contribution in [0.4, 0.5) is 5.82 Å². The average molecular weight is 344 g/mol. The summed E-state index contributed by atoms with van der Waals surface area (Å²) in [6, 6.07) is 5.24. The summed E-state index contributed by atoms with van der Waals surface area (Å²) >= 11 is 13.3. The third-order valence-corrected chi connectivity index (χ3v) is 3.72. The van der Waals surface area contributed by atoms with Gasteiger partial charge in [-0.1, -0.05) is 46.2 Å². The molecule has 1 aromatic heterocycles. The van der Waals surface area contributed by atoms with Gasteiger partial charge in [0.2, 0.25) is 5.16 Å². The van der Waals surface area contributed by atoms with Gasteiger partial charge in [-0.3, -0.25) is 0 Å². The van der Waals surface area contributed by atoms with Crippen LogP contribution in [-0.2, 0) is 13.1 Å². The van der Waals surface area contributed by atoms with Gasteiger partial charge >= 0.3 is 0 Å². The van der Waals surface area contributed by atoms with Crippen molar-refractivity contribution in [2.24, 2.45) is 5.18 Å². The zero-order valence-corrected chi connectivity index (χ0v) is 13.3. The summed E-state index contributed by atoms with van der Waals surface area (Å²) in [5.74, 6) is 0.472. The summed E-state index contributed by atoms with van der Waals surface area (Å²) in [4.78, 5) is 14.7. The third-order valence-electron chi connectivity index (χ3n) is 2.60. The molecule has 0 bridgehead atoms. The molecule has 0 atom stereocenters. The summed E-state index contributed by atoms with van der Waals surface area (Å²) < 4.78 is 0. The Balaban J connectivity index is 2.19. The van der Waals surface area contributed by atoms with Crippen LogP contribution in [-0.4, -0.2) is 21.4 Å². The second kappa shape index (κ2) is 7.53. The van der Waals surface area contributed by atoms with Crippen LogP contribution in [0.5, 0.6) is 0 Å². The normalized spacial score (nSPS) is 10.4. The highest BCUT2D eigenvalue weighted by molar-refractivity contribution is 7.98. The first kappa shape index (κ1) is 15.9. The number of nitrogens with one attached hydrogen (secondary N) is 1. The van der Waals surface area contributed by atoms with Gasteiger partial charge in [-0.2, -0.15) is 4.91 Å². The van der Waals surface area contributed by atoms with Gasteiger partial charge in [-0.05, 0) is 24.0 Å². The fraction of sp³-hybridized carbons (Fsp3) is 0.250. The van der Waals surface area contributed by atoms with Crippen LogP contribution < -0.4 is 5.32 Å². The van der Waals surface area contributed by atoms with Crippen LogP contribution in [0.15, 0.2) is 28.5 Å². The predicted octanol–water partition coefficient (Wildman–Crippen LogP) is 3.78. The van der Waals surface area contributed by atoms with Gasteiger partial charge in [-0.25, -0.2) is 4.98 Å². The van der Waals surface area contributed by atoms with Crippen molar-refractivity contribution in [2.75, 3.05) is 11.6 Å². The minimum Gasteiger partial charge on any atom is -0.364 e. The molecule has 2 aromatic rings. The minimum absolute atomic E-state index is 0.0919. The predicted molar refractivity (Wildman–Crippen MR) is 84.9 cm³/mol. The first-order valence-corrected chi connectivity index (χ1v) is 7.86. The molecule has 1 heterocycles. The standard InChI is InChI=1S/C12H11Cl2N5OS/c1-21-12-17-11(10(6-16-20)18-19-12)15-5-7-2-3-8(13)4-9(7)14/h2-4H,5-6H2,1H3,(H,15,17,19). The van der Waals surface area contributed by atoms with Crippen LogP contribution in [0, 0.1) is 4.91 Å². The van der Waals surface area contributed by atoms with Crippen LogP contribution in [0.1, 0.15) is 11.3 Å². The molecule has 1 aromatic carbocycles. The van der Waals surface area contributed by atoms with Crippen LogP contribution in [0.25, 0.3) is 0 Å². The molecule has 0 fully saturated rings. The number of nitrogens with zero attached hydrogens (tertiary/aromatic N) is 4. The van der Waals surface area contributed by atoms with Gasteiger partial charge in [0.1, 0.15) is 12.2 Å². The number of thioether (sulfide) groups is 1. The molecule has 0 spiro atoms. The van der Waals surface area contributed by atoms with Gasteiger partial charge in [0.15, 0.2) is 5.82 Å². The van der Waals surface area contributed by atoms with Crippen LogP contribution in [0.2, 0.25) is 10.0 Å². The lowest BCUT2D eigenvalue weighted by Gasteiger charge is -2.10. The lowest BCUT2D eigenvalue weighted by Crippen LogP contribution is -2.08. The summed E-state index contributed by atoms with van der Waals surface area (Å²) in [7, 11) is 0.